The average Bonchev–Trinajstić information content (AvgIpc) is 2.81. The van der Waals surface area contributed by atoms with Crippen LogP contribution in [0.25, 0.3) is 0 Å². The molecule has 1 unspecified atom stereocenters. The van der Waals surface area contributed by atoms with Crippen LogP contribution in [0, 0.1) is 0 Å². The van der Waals surface area contributed by atoms with Crippen LogP contribution in [0.4, 0.5) is 0 Å². The Morgan fingerprint density at radius 1 is 1.32 bits per heavy atom. The van der Waals surface area contributed by atoms with Crippen LogP contribution >= 0.6 is 0 Å². The molecule has 1 aromatic rings. The normalized spacial score (nSPS) is 14.7. The van der Waals surface area contributed by atoms with Crippen molar-refractivity contribution < 1.29 is 19.4 Å². The maximum absolute atomic E-state index is 10.6. The highest BCUT2D eigenvalue weighted by Crippen LogP contribution is 2.39. The summed E-state index contributed by atoms with van der Waals surface area (Å²) in [5, 5.41) is 8.74. The molecule has 5 heteroatoms. The van der Waals surface area contributed by atoms with E-state index in [0.29, 0.717) is 18.1 Å². The van der Waals surface area contributed by atoms with Gasteiger partial charge in [-0.1, -0.05) is 13.8 Å². The Morgan fingerprint density at radius 3 is 2.42 bits per heavy atom. The maximum Gasteiger partial charge on any atom is 0.303 e. The van der Waals surface area contributed by atoms with Crippen molar-refractivity contribution in [2.24, 2.45) is 5.73 Å². The molecule has 0 spiro atoms. The number of carboxylic acid groups (broad SMARTS) is 1. The van der Waals surface area contributed by atoms with Gasteiger partial charge in [0, 0.05) is 12.5 Å². The number of rotatable bonds is 5. The van der Waals surface area contributed by atoms with Gasteiger partial charge in [0.05, 0.1) is 0 Å². The van der Waals surface area contributed by atoms with E-state index in [1.54, 1.807) is 0 Å². The first-order chi connectivity index (χ1) is 8.99. The van der Waals surface area contributed by atoms with E-state index in [4.69, 9.17) is 20.3 Å². The fourth-order valence-corrected chi connectivity index (χ4v) is 2.23. The van der Waals surface area contributed by atoms with E-state index in [2.05, 4.69) is 13.8 Å². The highest BCUT2D eigenvalue weighted by atomic mass is 16.7. The second-order valence-corrected chi connectivity index (χ2v) is 5.03. The predicted octanol–water partition coefficient (Wildman–Crippen LogP) is 2.40. The standard InChI is InChI=1S/C14H19NO4/c1-8(2)9-5-12-13(19-7-18-12)6-10(9)11(15)3-4-14(16)17/h5-6,8,11H,3-4,7,15H2,1-2H3,(H,16,17). The lowest BCUT2D eigenvalue weighted by Gasteiger charge is -2.19. The van der Waals surface area contributed by atoms with Crippen molar-refractivity contribution in [3.8, 4) is 11.5 Å². The molecule has 0 aliphatic carbocycles. The van der Waals surface area contributed by atoms with E-state index in [9.17, 15) is 4.79 Å². The van der Waals surface area contributed by atoms with Gasteiger partial charge in [0.15, 0.2) is 11.5 Å². The summed E-state index contributed by atoms with van der Waals surface area (Å²) in [6, 6.07) is 3.52. The number of ether oxygens (including phenoxy) is 2. The smallest absolute Gasteiger partial charge is 0.303 e. The highest BCUT2D eigenvalue weighted by molar-refractivity contribution is 5.66. The van der Waals surface area contributed by atoms with E-state index in [0.717, 1.165) is 16.9 Å². The molecule has 104 valence electrons. The molecule has 0 bridgehead atoms. The molecule has 0 saturated heterocycles. The lowest BCUT2D eigenvalue weighted by molar-refractivity contribution is -0.137. The predicted molar refractivity (Wildman–Crippen MR) is 70.5 cm³/mol. The molecule has 1 heterocycles. The number of carboxylic acids is 1. The summed E-state index contributed by atoms with van der Waals surface area (Å²) in [7, 11) is 0. The monoisotopic (exact) mass is 265 g/mol. The molecular formula is C14H19NO4. The molecule has 0 radical (unpaired) electrons. The molecule has 5 nitrogen and oxygen atoms in total. The molecule has 3 N–H and O–H groups in total. The van der Waals surface area contributed by atoms with Gasteiger partial charge in [-0.15, -0.1) is 0 Å². The van der Waals surface area contributed by atoms with Crippen LogP contribution in [-0.4, -0.2) is 17.9 Å². The fraction of sp³-hybridized carbons (Fsp3) is 0.500. The number of benzene rings is 1. The van der Waals surface area contributed by atoms with Gasteiger partial charge < -0.3 is 20.3 Å². The molecule has 0 fully saturated rings. The van der Waals surface area contributed by atoms with Gasteiger partial charge in [-0.05, 0) is 35.6 Å². The lowest BCUT2D eigenvalue weighted by atomic mass is 9.90. The van der Waals surface area contributed by atoms with Gasteiger partial charge in [-0.2, -0.15) is 0 Å². The molecule has 0 amide bonds. The fourth-order valence-electron chi connectivity index (χ4n) is 2.23. The van der Waals surface area contributed by atoms with E-state index >= 15 is 0 Å². The molecule has 19 heavy (non-hydrogen) atoms. The van der Waals surface area contributed by atoms with Crippen molar-refractivity contribution in [2.45, 2.75) is 38.6 Å². The second kappa shape index (κ2) is 5.48. The highest BCUT2D eigenvalue weighted by Gasteiger charge is 2.22. The minimum Gasteiger partial charge on any atom is -0.481 e. The molecule has 1 aromatic carbocycles. The SMILES string of the molecule is CC(C)c1cc2c(cc1C(N)CCC(=O)O)OCO2. The van der Waals surface area contributed by atoms with Crippen molar-refractivity contribution in [2.75, 3.05) is 6.79 Å². The van der Waals surface area contributed by atoms with Crippen LogP contribution in [0.3, 0.4) is 0 Å². The number of nitrogens with two attached hydrogens (primary N) is 1. The van der Waals surface area contributed by atoms with E-state index in [-0.39, 0.29) is 19.3 Å². The Bertz CT molecular complexity index is 485. The summed E-state index contributed by atoms with van der Waals surface area (Å²) in [5.74, 6) is 0.880. The van der Waals surface area contributed by atoms with E-state index < -0.39 is 5.97 Å². The van der Waals surface area contributed by atoms with Crippen LogP contribution in [0.2, 0.25) is 0 Å². The van der Waals surface area contributed by atoms with Crippen molar-refractivity contribution in [1.82, 2.24) is 0 Å². The van der Waals surface area contributed by atoms with Crippen molar-refractivity contribution >= 4 is 5.97 Å². The summed E-state index contributed by atoms with van der Waals surface area (Å²) in [6.07, 6.45) is 0.474. The first-order valence-electron chi connectivity index (χ1n) is 6.40. The Kier molecular flexibility index (Phi) is 3.95. The van der Waals surface area contributed by atoms with Crippen LogP contribution in [0.1, 0.15) is 49.8 Å². The van der Waals surface area contributed by atoms with E-state index in [1.165, 1.54) is 0 Å². The quantitative estimate of drug-likeness (QED) is 0.854. The summed E-state index contributed by atoms with van der Waals surface area (Å²) in [5.41, 5.74) is 8.15. The average molecular weight is 265 g/mol. The van der Waals surface area contributed by atoms with Gasteiger partial charge in [-0.25, -0.2) is 0 Å². The zero-order valence-electron chi connectivity index (χ0n) is 11.2. The number of hydrogen-bond donors (Lipinski definition) is 2. The van der Waals surface area contributed by atoms with Crippen LogP contribution < -0.4 is 15.2 Å². The number of aliphatic carboxylic acids is 1. The third kappa shape index (κ3) is 2.98. The summed E-state index contributed by atoms with van der Waals surface area (Å²) in [6.45, 7) is 4.37. The molecule has 0 aromatic heterocycles. The molecule has 0 saturated carbocycles. The topological polar surface area (TPSA) is 81.8 Å². The Hall–Kier alpha value is -1.75. The van der Waals surface area contributed by atoms with Gasteiger partial charge in [0.25, 0.3) is 0 Å². The molecule has 2 rings (SSSR count). The van der Waals surface area contributed by atoms with Crippen LogP contribution in [0.15, 0.2) is 12.1 Å². The Balaban J connectivity index is 2.29. The molecule has 1 aliphatic heterocycles. The van der Waals surface area contributed by atoms with Crippen molar-refractivity contribution in [1.29, 1.82) is 0 Å². The minimum atomic E-state index is -0.831. The summed E-state index contributed by atoms with van der Waals surface area (Å²) >= 11 is 0. The van der Waals surface area contributed by atoms with Gasteiger partial charge in [-0.3, -0.25) is 4.79 Å². The van der Waals surface area contributed by atoms with Crippen molar-refractivity contribution in [3.63, 3.8) is 0 Å². The first kappa shape index (κ1) is 13.7. The Morgan fingerprint density at radius 2 is 1.89 bits per heavy atom. The third-order valence-corrected chi connectivity index (χ3v) is 3.27. The minimum absolute atomic E-state index is 0.0626. The molecule has 1 aliphatic rings. The molecular weight excluding hydrogens is 246 g/mol. The van der Waals surface area contributed by atoms with Crippen LogP contribution in [0.5, 0.6) is 11.5 Å². The zero-order valence-corrected chi connectivity index (χ0v) is 11.2. The second-order valence-electron chi connectivity index (χ2n) is 5.03. The van der Waals surface area contributed by atoms with Gasteiger partial charge in [0.1, 0.15) is 0 Å². The number of carbonyl (C=O) groups is 1. The number of fused-ring (bicyclic) bond motifs is 1. The lowest BCUT2D eigenvalue weighted by Crippen LogP contribution is -2.15. The molecule has 1 atom stereocenters. The van der Waals surface area contributed by atoms with Gasteiger partial charge >= 0.3 is 5.97 Å². The Labute approximate surface area is 112 Å². The third-order valence-electron chi connectivity index (χ3n) is 3.27. The van der Waals surface area contributed by atoms with Crippen LogP contribution in [-0.2, 0) is 4.79 Å². The maximum atomic E-state index is 10.6. The summed E-state index contributed by atoms with van der Waals surface area (Å²) in [4.78, 5) is 10.6. The zero-order chi connectivity index (χ0) is 14.0. The number of hydrogen-bond acceptors (Lipinski definition) is 4. The van der Waals surface area contributed by atoms with Gasteiger partial charge in [0.2, 0.25) is 6.79 Å². The van der Waals surface area contributed by atoms with Crippen molar-refractivity contribution in [3.05, 3.63) is 23.3 Å². The van der Waals surface area contributed by atoms with E-state index in [1.807, 2.05) is 12.1 Å². The summed E-state index contributed by atoms with van der Waals surface area (Å²) < 4.78 is 10.7. The largest absolute Gasteiger partial charge is 0.481 e. The first-order valence-corrected chi connectivity index (χ1v) is 6.40.